The Hall–Kier alpha value is -2.73. The lowest BCUT2D eigenvalue weighted by Gasteiger charge is -2.31. The van der Waals surface area contributed by atoms with Crippen molar-refractivity contribution in [3.8, 4) is 5.75 Å². The minimum absolute atomic E-state index is 0.104. The van der Waals surface area contributed by atoms with Crippen molar-refractivity contribution >= 4 is 17.5 Å². The van der Waals surface area contributed by atoms with Crippen LogP contribution in [0.2, 0.25) is 0 Å². The van der Waals surface area contributed by atoms with Gasteiger partial charge in [-0.15, -0.1) is 0 Å². The number of amides is 1. The van der Waals surface area contributed by atoms with Gasteiger partial charge in [-0.2, -0.15) is 0 Å². The Morgan fingerprint density at radius 2 is 1.81 bits per heavy atom. The summed E-state index contributed by atoms with van der Waals surface area (Å²) in [5, 5.41) is 2.78. The van der Waals surface area contributed by atoms with E-state index >= 15 is 0 Å². The van der Waals surface area contributed by atoms with Gasteiger partial charge >= 0.3 is 6.09 Å². The maximum atomic E-state index is 11.9. The zero-order chi connectivity index (χ0) is 22.8. The number of benzene rings is 2. The molecule has 6 heteroatoms. The van der Waals surface area contributed by atoms with Crippen molar-refractivity contribution in [3.63, 3.8) is 0 Å². The molecule has 3 N–H and O–H groups in total. The molecule has 0 spiro atoms. The van der Waals surface area contributed by atoms with Crippen LogP contribution in [0.5, 0.6) is 5.75 Å². The number of ether oxygens (including phenoxy) is 2. The van der Waals surface area contributed by atoms with E-state index in [9.17, 15) is 4.79 Å². The van der Waals surface area contributed by atoms with E-state index in [-0.39, 0.29) is 12.1 Å². The summed E-state index contributed by atoms with van der Waals surface area (Å²) in [5.41, 5.74) is 10.0. The van der Waals surface area contributed by atoms with Crippen molar-refractivity contribution in [2.24, 2.45) is 5.73 Å². The fourth-order valence-electron chi connectivity index (χ4n) is 3.14. The zero-order valence-corrected chi connectivity index (χ0v) is 19.5. The van der Waals surface area contributed by atoms with E-state index in [1.165, 1.54) is 0 Å². The van der Waals surface area contributed by atoms with Crippen LogP contribution in [-0.2, 0) is 17.8 Å². The summed E-state index contributed by atoms with van der Waals surface area (Å²) in [6.07, 6.45) is 1.22. The van der Waals surface area contributed by atoms with Gasteiger partial charge in [0.05, 0.1) is 6.61 Å². The zero-order valence-electron chi connectivity index (χ0n) is 19.5. The molecule has 0 aliphatic heterocycles. The molecule has 0 aliphatic rings. The fraction of sp³-hybridized carbons (Fsp3) is 0.480. The third-order valence-electron chi connectivity index (χ3n) is 5.12. The van der Waals surface area contributed by atoms with Crippen LogP contribution in [0.1, 0.15) is 58.6 Å². The number of nitrogens with two attached hydrogens (primary N) is 1. The van der Waals surface area contributed by atoms with Crippen LogP contribution in [0.3, 0.4) is 0 Å². The molecular formula is C25H37N3O3. The number of nitrogens with one attached hydrogen (secondary N) is 1. The number of rotatable bonds is 11. The minimum atomic E-state index is -0.428. The first kappa shape index (κ1) is 24.5. The monoisotopic (exact) mass is 427 g/mol. The molecule has 31 heavy (non-hydrogen) atoms. The molecule has 6 nitrogen and oxygen atoms in total. The SMILES string of the molecule is CCCOc1ccc(CN)c(N(Cc2ccc(NC(=O)OC(C)CC)cc2)C(C)C)c1. The highest BCUT2D eigenvalue weighted by molar-refractivity contribution is 5.84. The van der Waals surface area contributed by atoms with E-state index in [4.69, 9.17) is 15.2 Å². The van der Waals surface area contributed by atoms with Crippen molar-refractivity contribution in [2.75, 3.05) is 16.8 Å². The summed E-state index contributed by atoms with van der Waals surface area (Å²) in [5.74, 6) is 0.860. The van der Waals surface area contributed by atoms with Crippen molar-refractivity contribution in [3.05, 3.63) is 53.6 Å². The Balaban J connectivity index is 2.16. The van der Waals surface area contributed by atoms with Crippen molar-refractivity contribution in [1.82, 2.24) is 0 Å². The van der Waals surface area contributed by atoms with Gasteiger partial charge < -0.3 is 20.1 Å². The van der Waals surface area contributed by atoms with E-state index in [1.54, 1.807) is 0 Å². The molecular weight excluding hydrogens is 390 g/mol. The third kappa shape index (κ3) is 7.47. The molecule has 0 aromatic heterocycles. The molecule has 2 aromatic rings. The molecule has 1 unspecified atom stereocenters. The highest BCUT2D eigenvalue weighted by atomic mass is 16.6. The van der Waals surface area contributed by atoms with Gasteiger partial charge in [-0.1, -0.05) is 32.0 Å². The molecule has 0 saturated heterocycles. The Morgan fingerprint density at radius 1 is 1.10 bits per heavy atom. The average Bonchev–Trinajstić information content (AvgIpc) is 2.76. The second-order valence-corrected chi connectivity index (χ2v) is 8.01. The number of carbonyl (C=O) groups is 1. The first-order chi connectivity index (χ1) is 14.9. The summed E-state index contributed by atoms with van der Waals surface area (Å²) >= 11 is 0. The van der Waals surface area contributed by atoms with Crippen molar-refractivity contribution < 1.29 is 14.3 Å². The van der Waals surface area contributed by atoms with Gasteiger partial charge in [0.1, 0.15) is 11.9 Å². The number of carbonyl (C=O) groups excluding carboxylic acids is 1. The van der Waals surface area contributed by atoms with Crippen LogP contribution in [0, 0.1) is 0 Å². The lowest BCUT2D eigenvalue weighted by atomic mass is 10.1. The van der Waals surface area contributed by atoms with Gasteiger partial charge in [0.15, 0.2) is 0 Å². The maximum Gasteiger partial charge on any atom is 0.411 e. The Kier molecular flexibility index (Phi) is 9.66. The number of anilines is 2. The van der Waals surface area contributed by atoms with Crippen LogP contribution in [0.15, 0.2) is 42.5 Å². The Labute approximate surface area is 186 Å². The van der Waals surface area contributed by atoms with Crippen LogP contribution in [0.25, 0.3) is 0 Å². The molecule has 1 atom stereocenters. The highest BCUT2D eigenvalue weighted by Gasteiger charge is 2.16. The lowest BCUT2D eigenvalue weighted by molar-refractivity contribution is 0.118. The predicted octanol–water partition coefficient (Wildman–Crippen LogP) is 5.70. The Morgan fingerprint density at radius 3 is 2.39 bits per heavy atom. The topological polar surface area (TPSA) is 76.8 Å². The van der Waals surface area contributed by atoms with Crippen LogP contribution in [-0.4, -0.2) is 24.8 Å². The predicted molar refractivity (Wildman–Crippen MR) is 128 cm³/mol. The standard InChI is InChI=1S/C25H37N3O3/c1-6-14-30-23-13-10-21(16-26)24(15-23)28(18(3)4)17-20-8-11-22(12-9-20)27-25(29)31-19(5)7-2/h8-13,15,18-19H,6-7,14,16-17,26H2,1-5H3,(H,27,29). The molecule has 1 amide bonds. The summed E-state index contributed by atoms with van der Waals surface area (Å²) < 4.78 is 11.1. The van der Waals surface area contributed by atoms with Crippen molar-refractivity contribution in [2.45, 2.75) is 72.7 Å². The third-order valence-corrected chi connectivity index (χ3v) is 5.12. The summed E-state index contributed by atoms with van der Waals surface area (Å²) in [4.78, 5) is 14.3. The molecule has 0 fully saturated rings. The second-order valence-electron chi connectivity index (χ2n) is 8.01. The highest BCUT2D eigenvalue weighted by Crippen LogP contribution is 2.29. The van der Waals surface area contributed by atoms with E-state index in [2.05, 4.69) is 37.1 Å². The van der Waals surface area contributed by atoms with E-state index in [0.717, 1.165) is 42.0 Å². The minimum Gasteiger partial charge on any atom is -0.494 e. The van der Waals surface area contributed by atoms with Crippen molar-refractivity contribution in [1.29, 1.82) is 0 Å². The number of hydrogen-bond donors (Lipinski definition) is 2. The molecule has 2 rings (SSSR count). The van der Waals surface area contributed by atoms with E-state index < -0.39 is 6.09 Å². The first-order valence-corrected chi connectivity index (χ1v) is 11.2. The number of nitrogens with zero attached hydrogens (tertiary/aromatic N) is 1. The largest absolute Gasteiger partial charge is 0.494 e. The molecule has 0 saturated carbocycles. The molecule has 0 bridgehead atoms. The van der Waals surface area contributed by atoms with Gasteiger partial charge in [-0.25, -0.2) is 4.79 Å². The van der Waals surface area contributed by atoms with Gasteiger partial charge in [-0.3, -0.25) is 5.32 Å². The second kappa shape index (κ2) is 12.2. The number of hydrogen-bond acceptors (Lipinski definition) is 5. The average molecular weight is 428 g/mol. The molecule has 0 radical (unpaired) electrons. The molecule has 2 aromatic carbocycles. The van der Waals surface area contributed by atoms with Gasteiger partial charge in [0, 0.05) is 36.6 Å². The van der Waals surface area contributed by atoms with E-state index in [1.807, 2.05) is 50.2 Å². The fourth-order valence-corrected chi connectivity index (χ4v) is 3.14. The lowest BCUT2D eigenvalue weighted by Crippen LogP contribution is -2.31. The normalized spacial score (nSPS) is 11.8. The van der Waals surface area contributed by atoms with Gasteiger partial charge in [0.25, 0.3) is 0 Å². The summed E-state index contributed by atoms with van der Waals surface area (Å²) in [7, 11) is 0. The summed E-state index contributed by atoms with van der Waals surface area (Å²) in [6, 6.07) is 14.2. The summed E-state index contributed by atoms with van der Waals surface area (Å²) in [6.45, 7) is 12.2. The maximum absolute atomic E-state index is 11.9. The van der Waals surface area contributed by atoms with Crippen LogP contribution < -0.4 is 20.7 Å². The van der Waals surface area contributed by atoms with Gasteiger partial charge in [0.2, 0.25) is 0 Å². The van der Waals surface area contributed by atoms with Gasteiger partial charge in [-0.05, 0) is 62.9 Å². The van der Waals surface area contributed by atoms with E-state index in [0.29, 0.717) is 18.8 Å². The quantitative estimate of drug-likeness (QED) is 0.481. The van der Waals surface area contributed by atoms with Crippen LogP contribution >= 0.6 is 0 Å². The Bertz CT molecular complexity index is 821. The van der Waals surface area contributed by atoms with Crippen LogP contribution in [0.4, 0.5) is 16.2 Å². The smallest absolute Gasteiger partial charge is 0.411 e. The molecule has 0 heterocycles. The first-order valence-electron chi connectivity index (χ1n) is 11.2. The molecule has 0 aliphatic carbocycles. The molecule has 170 valence electrons.